The molecule has 3 heteroatoms. The Morgan fingerprint density at radius 3 is 1.81 bits per heavy atom. The Morgan fingerprint density at radius 2 is 1.23 bits per heavy atom. The second-order valence-corrected chi connectivity index (χ2v) is 13.3. The first-order valence-electron chi connectivity index (χ1n) is 17.0. The van der Waals surface area contributed by atoms with Gasteiger partial charge in [-0.25, -0.2) is 0 Å². The maximum absolute atomic E-state index is 3.57. The van der Waals surface area contributed by atoms with Gasteiger partial charge in [0.15, 0.2) is 0 Å². The van der Waals surface area contributed by atoms with Gasteiger partial charge in [0, 0.05) is 59.3 Å². The number of aryl methyl sites for hydroxylation is 6. The molecule has 0 fully saturated rings. The number of fused-ring (bicyclic) bond motifs is 1. The van der Waals surface area contributed by atoms with Gasteiger partial charge in [-0.2, -0.15) is 4.58 Å². The van der Waals surface area contributed by atoms with E-state index < -0.39 is 0 Å². The molecule has 1 aliphatic carbocycles. The zero-order valence-corrected chi connectivity index (χ0v) is 30.0. The molecule has 6 rings (SSSR count). The lowest BCUT2D eigenvalue weighted by atomic mass is 9.87. The van der Waals surface area contributed by atoms with E-state index in [1.54, 1.807) is 0 Å². The van der Waals surface area contributed by atoms with Gasteiger partial charge in [0.25, 0.3) is 0 Å². The number of hydrogen-bond acceptors (Lipinski definition) is 2. The predicted molar refractivity (Wildman–Crippen MR) is 209 cm³/mol. The third-order valence-electron chi connectivity index (χ3n) is 9.59. The first-order chi connectivity index (χ1) is 23.1. The molecule has 0 saturated heterocycles. The highest BCUT2D eigenvalue weighted by Crippen LogP contribution is 2.39. The highest BCUT2D eigenvalue weighted by Gasteiger charge is 2.20. The van der Waals surface area contributed by atoms with Crippen LogP contribution in [0.1, 0.15) is 51.4 Å². The van der Waals surface area contributed by atoms with Crippen LogP contribution in [-0.4, -0.2) is 30.9 Å². The van der Waals surface area contributed by atoms with Gasteiger partial charge >= 0.3 is 0 Å². The fraction of sp³-hybridized carbons (Fsp3) is 0.222. The number of anilines is 3. The summed E-state index contributed by atoms with van der Waals surface area (Å²) in [6.45, 7) is 16.2. The van der Waals surface area contributed by atoms with E-state index in [2.05, 4.69) is 187 Å². The molecule has 0 heterocycles. The molecule has 1 N–H and O–H groups in total. The number of rotatable bonds is 7. The van der Waals surface area contributed by atoms with Crippen LogP contribution in [0.2, 0.25) is 0 Å². The van der Waals surface area contributed by atoms with Crippen LogP contribution in [-0.2, 0) is 0 Å². The molecule has 48 heavy (non-hydrogen) atoms. The molecule has 5 aromatic carbocycles. The normalized spacial score (nSPS) is 12.5. The Morgan fingerprint density at radius 1 is 0.667 bits per heavy atom. The van der Waals surface area contributed by atoms with Gasteiger partial charge in [-0.15, -0.1) is 0 Å². The van der Waals surface area contributed by atoms with Crippen LogP contribution in [0, 0.1) is 41.5 Å². The van der Waals surface area contributed by atoms with E-state index in [1.807, 2.05) is 0 Å². The highest BCUT2D eigenvalue weighted by molar-refractivity contribution is 6.07. The first kappa shape index (κ1) is 32.8. The SMILES string of the molecule is CCNc1ccc(C(=C2C=CC(=[N+](C)c3c(C)cc(C)cc3C)C=C2)c2ccc(N(C)c3c(C)cc(C)cc3C)cc2)c2ccccc12. The van der Waals surface area contributed by atoms with Crippen molar-refractivity contribution in [2.75, 3.05) is 30.9 Å². The van der Waals surface area contributed by atoms with Crippen molar-refractivity contribution in [1.82, 2.24) is 0 Å². The molecule has 0 saturated carbocycles. The van der Waals surface area contributed by atoms with Crippen molar-refractivity contribution in [3.8, 4) is 0 Å². The largest absolute Gasteiger partial charge is 0.385 e. The van der Waals surface area contributed by atoms with Crippen LogP contribution in [0.3, 0.4) is 0 Å². The summed E-state index contributed by atoms with van der Waals surface area (Å²) in [7, 11) is 4.34. The van der Waals surface area contributed by atoms with Crippen molar-refractivity contribution < 1.29 is 4.58 Å². The molecule has 0 atom stereocenters. The summed E-state index contributed by atoms with van der Waals surface area (Å²) in [5.41, 5.74) is 18.6. The van der Waals surface area contributed by atoms with E-state index in [4.69, 9.17) is 0 Å². The second kappa shape index (κ2) is 13.5. The molecule has 5 aromatic rings. The molecule has 0 bridgehead atoms. The highest BCUT2D eigenvalue weighted by atomic mass is 15.1. The lowest BCUT2D eigenvalue weighted by Crippen LogP contribution is -2.13. The summed E-state index contributed by atoms with van der Waals surface area (Å²) in [6, 6.07) is 31.4. The van der Waals surface area contributed by atoms with Crippen LogP contribution >= 0.6 is 0 Å². The summed E-state index contributed by atoms with van der Waals surface area (Å²) < 4.78 is 2.31. The van der Waals surface area contributed by atoms with E-state index in [0.29, 0.717) is 0 Å². The lowest BCUT2D eigenvalue weighted by molar-refractivity contribution is -0.404. The minimum Gasteiger partial charge on any atom is -0.385 e. The van der Waals surface area contributed by atoms with Gasteiger partial charge in [0.1, 0.15) is 7.05 Å². The molecule has 1 aliphatic rings. The quantitative estimate of drug-likeness (QED) is 0.180. The molecule has 242 valence electrons. The van der Waals surface area contributed by atoms with E-state index in [9.17, 15) is 0 Å². The van der Waals surface area contributed by atoms with Gasteiger partial charge in [-0.3, -0.25) is 0 Å². The van der Waals surface area contributed by atoms with Gasteiger partial charge in [0.05, 0.1) is 0 Å². The summed E-state index contributed by atoms with van der Waals surface area (Å²) in [6.07, 6.45) is 9.08. The van der Waals surface area contributed by atoms with E-state index in [1.165, 1.54) is 89.2 Å². The Hall–Kier alpha value is -5.15. The Kier molecular flexibility index (Phi) is 9.24. The van der Waals surface area contributed by atoms with Crippen molar-refractivity contribution in [2.24, 2.45) is 0 Å². The van der Waals surface area contributed by atoms with Gasteiger partial charge in [-0.05, 0) is 130 Å². The van der Waals surface area contributed by atoms with Crippen LogP contribution in [0.15, 0.2) is 115 Å². The average molecular weight is 631 g/mol. The van der Waals surface area contributed by atoms with Crippen LogP contribution in [0.25, 0.3) is 16.3 Å². The predicted octanol–water partition coefficient (Wildman–Crippen LogP) is 11.2. The third kappa shape index (κ3) is 6.25. The number of benzene rings is 5. The van der Waals surface area contributed by atoms with Crippen molar-refractivity contribution in [3.63, 3.8) is 0 Å². The van der Waals surface area contributed by atoms with E-state index in [-0.39, 0.29) is 0 Å². The standard InChI is InChI=1S/C45H47N3/c1-10-46-42-24-23-41(39-13-11-12-14-40(39)42)43(35-15-19-37(20-16-35)47(8)44-31(4)25-29(2)26-32(44)5)36-17-21-38(22-18-36)48(9)45-33(6)27-30(3)28-34(45)7/h11-28H,10H2,1-9H3/p+1. The molecule has 0 aliphatic heterocycles. The summed E-state index contributed by atoms with van der Waals surface area (Å²) in [4.78, 5) is 2.31. The first-order valence-corrected chi connectivity index (χ1v) is 17.0. The molecule has 3 nitrogen and oxygen atoms in total. The Labute approximate surface area is 287 Å². The smallest absolute Gasteiger partial charge is 0.211 e. The monoisotopic (exact) mass is 630 g/mol. The van der Waals surface area contributed by atoms with E-state index in [0.717, 1.165) is 12.2 Å². The Bertz CT molecular complexity index is 2090. The third-order valence-corrected chi connectivity index (χ3v) is 9.59. The maximum Gasteiger partial charge on any atom is 0.211 e. The molecular formula is C45H48N3+. The van der Waals surface area contributed by atoms with Gasteiger partial charge < -0.3 is 10.2 Å². The van der Waals surface area contributed by atoms with Crippen LogP contribution in [0.4, 0.5) is 22.7 Å². The fourth-order valence-corrected chi connectivity index (χ4v) is 7.70. The van der Waals surface area contributed by atoms with Crippen molar-refractivity contribution in [2.45, 2.75) is 48.5 Å². The van der Waals surface area contributed by atoms with E-state index >= 15 is 0 Å². The molecule has 0 radical (unpaired) electrons. The minimum absolute atomic E-state index is 0.879. The van der Waals surface area contributed by atoms with Crippen molar-refractivity contribution in [3.05, 3.63) is 159 Å². The number of nitrogens with one attached hydrogen (secondary N) is 1. The summed E-state index contributed by atoms with van der Waals surface area (Å²) in [5.74, 6) is 0. The number of hydrogen-bond donors (Lipinski definition) is 1. The number of nitrogens with zero attached hydrogens (tertiary/aromatic N) is 2. The van der Waals surface area contributed by atoms with Crippen molar-refractivity contribution >= 4 is 44.8 Å². The van der Waals surface area contributed by atoms with Crippen molar-refractivity contribution in [1.29, 1.82) is 0 Å². The topological polar surface area (TPSA) is 18.3 Å². The Balaban J connectivity index is 1.49. The molecule has 0 spiro atoms. The van der Waals surface area contributed by atoms with Gasteiger partial charge in [-0.1, -0.05) is 65.7 Å². The molecular weight excluding hydrogens is 583 g/mol. The summed E-state index contributed by atoms with van der Waals surface area (Å²) in [5, 5.41) is 6.05. The van der Waals surface area contributed by atoms with Crippen LogP contribution in [0.5, 0.6) is 0 Å². The average Bonchev–Trinajstić information content (AvgIpc) is 3.05. The molecule has 0 unspecified atom stereocenters. The lowest BCUT2D eigenvalue weighted by Gasteiger charge is -2.25. The van der Waals surface area contributed by atoms with Gasteiger partial charge in [0.2, 0.25) is 11.4 Å². The summed E-state index contributed by atoms with van der Waals surface area (Å²) >= 11 is 0. The zero-order valence-electron chi connectivity index (χ0n) is 30.0. The molecule has 0 aromatic heterocycles. The zero-order chi connectivity index (χ0) is 34.1. The number of allylic oxidation sites excluding steroid dienone is 5. The molecule has 0 amide bonds. The minimum atomic E-state index is 0.879. The fourth-order valence-electron chi connectivity index (χ4n) is 7.70. The maximum atomic E-state index is 3.57. The second-order valence-electron chi connectivity index (χ2n) is 13.3. The van der Waals surface area contributed by atoms with Crippen LogP contribution < -0.4 is 10.2 Å².